The van der Waals surface area contributed by atoms with E-state index in [1.165, 1.54) is 0 Å². The minimum Gasteiger partial charge on any atom is -0.314 e. The van der Waals surface area contributed by atoms with Crippen molar-refractivity contribution in [2.75, 3.05) is 0 Å². The van der Waals surface area contributed by atoms with Crippen molar-refractivity contribution in [3.63, 3.8) is 0 Å². The molecule has 86 valence electrons. The Labute approximate surface area is 89.5 Å². The fourth-order valence-corrected chi connectivity index (χ4v) is 10.6. The summed E-state index contributed by atoms with van der Waals surface area (Å²) in [5.74, 6) is 0. The monoisotopic (exact) mass is 238 g/mol. The first-order valence-corrected chi connectivity index (χ1v) is 11.1. The van der Waals surface area contributed by atoms with Gasteiger partial charge in [-0.25, -0.2) is 0 Å². The number of hydrogen-bond acceptors (Lipinski definition) is 0. The molecule has 0 amide bonds. The summed E-state index contributed by atoms with van der Waals surface area (Å²) in [4.78, 5) is 0. The summed E-state index contributed by atoms with van der Waals surface area (Å²) in [7, 11) is -5.69. The van der Waals surface area contributed by atoms with E-state index < -0.39 is 16.8 Å². The van der Waals surface area contributed by atoms with Gasteiger partial charge in [-0.3, -0.25) is 0 Å². The summed E-state index contributed by atoms with van der Waals surface area (Å²) >= 11 is 0. The molecule has 4 heteroatoms. The third-order valence-corrected chi connectivity index (χ3v) is 10.3. The lowest BCUT2D eigenvalue weighted by Crippen LogP contribution is -2.44. The molecule has 0 aliphatic heterocycles. The van der Waals surface area contributed by atoms with Crippen molar-refractivity contribution < 1.29 is 8.22 Å². The summed E-state index contributed by atoms with van der Waals surface area (Å²) in [5, 5.41) is -0.282. The summed E-state index contributed by atoms with van der Waals surface area (Å²) < 4.78 is 28.0. The summed E-state index contributed by atoms with van der Waals surface area (Å²) in [5.41, 5.74) is 0.0252. The van der Waals surface area contributed by atoms with Crippen LogP contribution in [-0.4, -0.2) is 16.8 Å². The molecule has 0 bridgehead atoms. The van der Waals surface area contributed by atoms with E-state index in [0.29, 0.717) is 6.42 Å². The maximum atomic E-state index is 14.0. The molecule has 14 heavy (non-hydrogen) atoms. The van der Waals surface area contributed by atoms with Crippen molar-refractivity contribution in [2.45, 2.75) is 58.5 Å². The molecule has 0 aliphatic rings. The van der Waals surface area contributed by atoms with Crippen LogP contribution in [-0.2, 0) is 0 Å². The van der Waals surface area contributed by atoms with Crippen molar-refractivity contribution in [3.8, 4) is 0 Å². The average Bonchev–Trinajstić information content (AvgIpc) is 1.75. The second kappa shape index (κ2) is 4.04. The number of halogens is 2. The molecule has 0 aromatic heterocycles. The van der Waals surface area contributed by atoms with Gasteiger partial charge in [-0.15, -0.1) is 0 Å². The molecule has 0 radical (unpaired) electrons. The predicted octanol–water partition coefficient (Wildman–Crippen LogP) is 4.68. The summed E-state index contributed by atoms with van der Waals surface area (Å²) in [6.45, 7) is 12.7. The Kier molecular flexibility index (Phi) is 4.13. The van der Waals surface area contributed by atoms with Gasteiger partial charge in [0.15, 0.2) is 0 Å². The number of rotatable bonds is 3. The van der Waals surface area contributed by atoms with Gasteiger partial charge >= 0.3 is 0 Å². The maximum absolute atomic E-state index is 14.0. The van der Waals surface area contributed by atoms with Crippen LogP contribution < -0.4 is 0 Å². The molecule has 0 rings (SSSR count). The fraction of sp³-hybridized carbons (Fsp3) is 1.00. The predicted molar refractivity (Wildman–Crippen MR) is 65.0 cm³/mol. The van der Waals surface area contributed by atoms with Gasteiger partial charge in [0.05, 0.1) is 0 Å². The Balaban J connectivity index is 4.78. The first kappa shape index (κ1) is 14.3. The van der Waals surface area contributed by atoms with Crippen molar-refractivity contribution in [3.05, 3.63) is 0 Å². The Morgan fingerprint density at radius 3 is 1.29 bits per heavy atom. The van der Waals surface area contributed by atoms with Crippen LogP contribution in [0.2, 0.25) is 31.4 Å². The van der Waals surface area contributed by atoms with Gasteiger partial charge in [0.2, 0.25) is 16.8 Å². The highest BCUT2D eigenvalue weighted by molar-refractivity contribution is 6.91. The van der Waals surface area contributed by atoms with E-state index in [1.807, 2.05) is 0 Å². The molecule has 0 aromatic carbocycles. The van der Waals surface area contributed by atoms with Crippen LogP contribution >= 0.6 is 0 Å². The van der Waals surface area contributed by atoms with Gasteiger partial charge in [-0.05, 0) is 38.0 Å². The smallest absolute Gasteiger partial charge is 0.243 e. The lowest BCUT2D eigenvalue weighted by molar-refractivity contribution is 0.375. The van der Waals surface area contributed by atoms with E-state index >= 15 is 0 Å². The second-order valence-electron chi connectivity index (χ2n) is 6.45. The summed E-state index contributed by atoms with van der Waals surface area (Å²) in [6, 6.07) is 0. The molecule has 0 atom stereocenters. The lowest BCUT2D eigenvalue weighted by atomic mass is 9.93. The molecule has 0 saturated heterocycles. The Hall–Kier alpha value is 0.294. The molecule has 0 aromatic rings. The zero-order chi connectivity index (χ0) is 11.8. The van der Waals surface area contributed by atoms with Crippen molar-refractivity contribution in [1.82, 2.24) is 0 Å². The Morgan fingerprint density at radius 2 is 1.21 bits per heavy atom. The van der Waals surface area contributed by atoms with Gasteiger partial charge in [-0.2, -0.15) is 0 Å². The van der Waals surface area contributed by atoms with Gasteiger partial charge in [0.25, 0.3) is 0 Å². The van der Waals surface area contributed by atoms with E-state index in [0.717, 1.165) is 0 Å². The fourth-order valence-electron chi connectivity index (χ4n) is 1.91. The van der Waals surface area contributed by atoms with Crippen LogP contribution in [0, 0.1) is 5.41 Å². The second-order valence-corrected chi connectivity index (χ2v) is 14.7. The molecular formula is C10H24F2Si2. The topological polar surface area (TPSA) is 0 Å². The largest absolute Gasteiger partial charge is 0.314 e. The van der Waals surface area contributed by atoms with E-state index in [2.05, 4.69) is 20.8 Å². The highest BCUT2D eigenvalue weighted by Crippen LogP contribution is 2.42. The van der Waals surface area contributed by atoms with Gasteiger partial charge < -0.3 is 8.22 Å². The SMILES string of the molecule is CC(C)(C)CC([Si](C)(C)F)[Si](C)(C)F. The molecule has 0 saturated carbocycles. The third-order valence-electron chi connectivity index (χ3n) is 2.47. The highest BCUT2D eigenvalue weighted by atomic mass is 28.4. The van der Waals surface area contributed by atoms with Crippen molar-refractivity contribution in [2.24, 2.45) is 5.41 Å². The maximum Gasteiger partial charge on any atom is 0.243 e. The molecule has 0 spiro atoms. The van der Waals surface area contributed by atoms with Crippen molar-refractivity contribution in [1.29, 1.82) is 0 Å². The molecule has 0 fully saturated rings. The molecule has 0 nitrogen and oxygen atoms in total. The first-order chi connectivity index (χ1) is 5.84. The van der Waals surface area contributed by atoms with Gasteiger partial charge in [0.1, 0.15) is 0 Å². The van der Waals surface area contributed by atoms with Crippen LogP contribution in [0.1, 0.15) is 27.2 Å². The molecule has 0 unspecified atom stereocenters. The van der Waals surface area contributed by atoms with Gasteiger partial charge in [-0.1, -0.05) is 20.8 Å². The van der Waals surface area contributed by atoms with Crippen LogP contribution in [0.5, 0.6) is 0 Å². The van der Waals surface area contributed by atoms with Gasteiger partial charge in [0, 0.05) is 5.16 Å². The van der Waals surface area contributed by atoms with Crippen LogP contribution in [0.25, 0.3) is 0 Å². The lowest BCUT2D eigenvalue weighted by Gasteiger charge is -2.35. The Morgan fingerprint density at radius 1 is 0.929 bits per heavy atom. The van der Waals surface area contributed by atoms with E-state index in [1.54, 1.807) is 26.2 Å². The standard InChI is InChI=1S/C10H24F2Si2/c1-10(2,3)8-9(13(4,5)11)14(6,7)12/h9H,8H2,1-7H3. The Bertz CT molecular complexity index is 170. The third kappa shape index (κ3) is 5.24. The molecular weight excluding hydrogens is 214 g/mol. The van der Waals surface area contributed by atoms with Crippen molar-refractivity contribution >= 4 is 16.8 Å². The van der Waals surface area contributed by atoms with Crippen LogP contribution in [0.15, 0.2) is 0 Å². The minimum absolute atomic E-state index is 0.0252. The van der Waals surface area contributed by atoms with Crippen LogP contribution in [0.3, 0.4) is 0 Å². The minimum atomic E-state index is -2.85. The summed E-state index contributed by atoms with van der Waals surface area (Å²) in [6.07, 6.45) is 0.679. The molecule has 0 heterocycles. The first-order valence-electron chi connectivity index (χ1n) is 5.22. The quantitative estimate of drug-likeness (QED) is 0.494. The van der Waals surface area contributed by atoms with E-state index in [9.17, 15) is 8.22 Å². The average molecular weight is 238 g/mol. The zero-order valence-electron chi connectivity index (χ0n) is 10.5. The van der Waals surface area contributed by atoms with E-state index in [4.69, 9.17) is 0 Å². The molecule has 0 aliphatic carbocycles. The normalized spacial score (nSPS) is 15.0. The van der Waals surface area contributed by atoms with E-state index in [-0.39, 0.29) is 10.6 Å². The van der Waals surface area contributed by atoms with Crippen LogP contribution in [0.4, 0.5) is 8.22 Å². The highest BCUT2D eigenvalue weighted by Gasteiger charge is 2.47. The number of hydrogen-bond donors (Lipinski definition) is 0. The zero-order valence-corrected chi connectivity index (χ0v) is 12.5. The molecule has 0 N–H and O–H groups in total.